The summed E-state index contributed by atoms with van der Waals surface area (Å²) in [6.07, 6.45) is 1.69. The fourth-order valence-electron chi connectivity index (χ4n) is 3.87. The van der Waals surface area contributed by atoms with Gasteiger partial charge < -0.3 is 15.3 Å². The molecule has 2 amide bonds. The minimum Gasteiger partial charge on any atom is -0.481 e. The first-order valence-corrected chi connectivity index (χ1v) is 9.07. The first-order chi connectivity index (χ1) is 12.0. The Hall–Kier alpha value is -2.08. The molecule has 2 aliphatic rings. The molecule has 2 N–H and O–H groups in total. The van der Waals surface area contributed by atoms with E-state index in [1.807, 2.05) is 6.92 Å². The Labute approximate surface area is 148 Å². The van der Waals surface area contributed by atoms with Gasteiger partial charge in [-0.15, -0.1) is 0 Å². The third-order valence-corrected chi connectivity index (χ3v) is 5.21. The number of benzene rings is 1. The Morgan fingerprint density at radius 3 is 2.76 bits per heavy atom. The van der Waals surface area contributed by atoms with Gasteiger partial charge in [0.2, 0.25) is 0 Å². The van der Waals surface area contributed by atoms with Crippen LogP contribution in [0.3, 0.4) is 0 Å². The number of rotatable bonds is 4. The quantitative estimate of drug-likeness (QED) is 0.873. The molecule has 2 unspecified atom stereocenters. The third-order valence-electron chi connectivity index (χ3n) is 5.21. The van der Waals surface area contributed by atoms with E-state index >= 15 is 0 Å². The van der Waals surface area contributed by atoms with Gasteiger partial charge in [0.25, 0.3) is 0 Å². The van der Waals surface area contributed by atoms with Crippen LogP contribution in [0.1, 0.15) is 24.5 Å². The number of amides is 2. The van der Waals surface area contributed by atoms with E-state index in [4.69, 9.17) is 0 Å². The molecule has 0 bridgehead atoms. The maximum Gasteiger partial charge on any atom is 0.317 e. The van der Waals surface area contributed by atoms with Crippen molar-refractivity contribution in [1.29, 1.82) is 0 Å². The van der Waals surface area contributed by atoms with E-state index in [2.05, 4.69) is 34.5 Å². The second kappa shape index (κ2) is 7.87. The number of hydrogen-bond donors (Lipinski definition) is 2. The van der Waals surface area contributed by atoms with E-state index in [-0.39, 0.29) is 11.9 Å². The highest BCUT2D eigenvalue weighted by Crippen LogP contribution is 2.22. The molecule has 0 aromatic heterocycles. The number of urea groups is 1. The Morgan fingerprint density at radius 1 is 1.24 bits per heavy atom. The number of fused-ring (bicyclic) bond motifs is 1. The Bertz CT molecular complexity index is 634. The van der Waals surface area contributed by atoms with E-state index in [1.165, 1.54) is 11.1 Å². The number of nitrogens with zero attached hydrogens (tertiary/aromatic N) is 2. The van der Waals surface area contributed by atoms with Crippen LogP contribution in [0.25, 0.3) is 0 Å². The zero-order valence-electron chi connectivity index (χ0n) is 14.8. The van der Waals surface area contributed by atoms with Crippen LogP contribution in [0.4, 0.5) is 4.79 Å². The molecule has 0 aliphatic carbocycles. The number of nitrogens with one attached hydrogen (secondary N) is 1. The molecule has 1 aromatic carbocycles. The lowest BCUT2D eigenvalue weighted by Crippen LogP contribution is -2.50. The monoisotopic (exact) mass is 345 g/mol. The van der Waals surface area contributed by atoms with Crippen molar-refractivity contribution in [2.24, 2.45) is 11.8 Å². The van der Waals surface area contributed by atoms with Gasteiger partial charge in [-0.1, -0.05) is 31.2 Å². The largest absolute Gasteiger partial charge is 0.481 e. The molecule has 0 saturated carbocycles. The van der Waals surface area contributed by atoms with E-state index < -0.39 is 11.9 Å². The number of piperidine rings is 1. The van der Waals surface area contributed by atoms with Gasteiger partial charge in [0.05, 0.1) is 5.92 Å². The molecule has 6 nitrogen and oxygen atoms in total. The Balaban J connectivity index is 1.44. The number of carbonyl (C=O) groups is 2. The average Bonchev–Trinajstić information content (AvgIpc) is 2.61. The summed E-state index contributed by atoms with van der Waals surface area (Å²) in [5.74, 6) is -1.04. The Kier molecular flexibility index (Phi) is 5.58. The fourth-order valence-corrected chi connectivity index (χ4v) is 3.87. The molecule has 2 aliphatic heterocycles. The molecule has 1 fully saturated rings. The maximum absolute atomic E-state index is 12.4. The summed E-state index contributed by atoms with van der Waals surface area (Å²) in [7, 11) is 0. The Morgan fingerprint density at radius 2 is 2.00 bits per heavy atom. The molecule has 0 radical (unpaired) electrons. The van der Waals surface area contributed by atoms with Gasteiger partial charge in [-0.05, 0) is 29.9 Å². The van der Waals surface area contributed by atoms with Crippen molar-refractivity contribution in [3.05, 3.63) is 35.4 Å². The summed E-state index contributed by atoms with van der Waals surface area (Å²) in [6, 6.07) is 8.36. The number of carboxylic acid groups (broad SMARTS) is 1. The van der Waals surface area contributed by atoms with Crippen molar-refractivity contribution < 1.29 is 14.7 Å². The normalized spacial score (nSPS) is 23.8. The predicted octanol–water partition coefficient (Wildman–Crippen LogP) is 1.80. The second-order valence-electron chi connectivity index (χ2n) is 7.31. The highest BCUT2D eigenvalue weighted by atomic mass is 16.4. The topological polar surface area (TPSA) is 72.9 Å². The molecule has 1 aromatic rings. The minimum absolute atomic E-state index is 0.143. The van der Waals surface area contributed by atoms with Crippen molar-refractivity contribution in [2.45, 2.75) is 26.3 Å². The van der Waals surface area contributed by atoms with E-state index in [0.717, 1.165) is 26.1 Å². The van der Waals surface area contributed by atoms with Crippen molar-refractivity contribution in [1.82, 2.24) is 15.1 Å². The van der Waals surface area contributed by atoms with Crippen molar-refractivity contribution in [3.8, 4) is 0 Å². The van der Waals surface area contributed by atoms with Gasteiger partial charge in [-0.3, -0.25) is 9.69 Å². The molecular weight excluding hydrogens is 318 g/mol. The highest BCUT2D eigenvalue weighted by molar-refractivity contribution is 5.76. The van der Waals surface area contributed by atoms with Crippen LogP contribution in [0, 0.1) is 11.8 Å². The first-order valence-electron chi connectivity index (χ1n) is 9.07. The molecule has 6 heteroatoms. The molecular formula is C19H27N3O3. The summed E-state index contributed by atoms with van der Waals surface area (Å²) in [4.78, 5) is 27.6. The summed E-state index contributed by atoms with van der Waals surface area (Å²) in [5.41, 5.74) is 2.79. The third kappa shape index (κ3) is 4.51. The van der Waals surface area contributed by atoms with Crippen LogP contribution < -0.4 is 5.32 Å². The van der Waals surface area contributed by atoms with Crippen LogP contribution in [-0.4, -0.2) is 59.6 Å². The molecule has 136 valence electrons. The lowest BCUT2D eigenvalue weighted by atomic mass is 9.91. The minimum atomic E-state index is -0.809. The van der Waals surface area contributed by atoms with E-state index in [1.54, 1.807) is 4.90 Å². The number of likely N-dealkylation sites (tertiary alicyclic amines) is 1. The van der Waals surface area contributed by atoms with Crippen LogP contribution >= 0.6 is 0 Å². The van der Waals surface area contributed by atoms with Crippen LogP contribution in [0.2, 0.25) is 0 Å². The summed E-state index contributed by atoms with van der Waals surface area (Å²) >= 11 is 0. The van der Waals surface area contributed by atoms with Crippen molar-refractivity contribution >= 4 is 12.0 Å². The number of aliphatic carboxylic acids is 1. The number of carbonyl (C=O) groups excluding carboxylic acids is 1. The van der Waals surface area contributed by atoms with E-state index in [9.17, 15) is 14.7 Å². The van der Waals surface area contributed by atoms with Gasteiger partial charge in [-0.2, -0.15) is 0 Å². The van der Waals surface area contributed by atoms with Gasteiger partial charge in [-0.25, -0.2) is 4.79 Å². The van der Waals surface area contributed by atoms with Gasteiger partial charge in [0, 0.05) is 39.3 Å². The maximum atomic E-state index is 12.4. The van der Waals surface area contributed by atoms with Crippen LogP contribution in [0.15, 0.2) is 24.3 Å². The average molecular weight is 345 g/mol. The predicted molar refractivity (Wildman–Crippen MR) is 95.3 cm³/mol. The van der Waals surface area contributed by atoms with Crippen LogP contribution in [-0.2, 0) is 17.8 Å². The van der Waals surface area contributed by atoms with Gasteiger partial charge in [0.1, 0.15) is 0 Å². The van der Waals surface area contributed by atoms with Crippen molar-refractivity contribution in [3.63, 3.8) is 0 Å². The summed E-state index contributed by atoms with van der Waals surface area (Å²) in [6.45, 7) is 6.27. The van der Waals surface area contributed by atoms with Crippen molar-refractivity contribution in [2.75, 3.05) is 32.7 Å². The molecule has 2 heterocycles. The summed E-state index contributed by atoms with van der Waals surface area (Å²) < 4.78 is 0. The SMILES string of the molecule is CC1CC(C(=O)O)CN(C(=O)NCCN2CCc3ccccc3C2)C1. The second-order valence-corrected chi connectivity index (χ2v) is 7.31. The molecule has 0 spiro atoms. The molecule has 25 heavy (non-hydrogen) atoms. The van der Waals surface area contributed by atoms with Crippen LogP contribution in [0.5, 0.6) is 0 Å². The molecule has 3 rings (SSSR count). The fraction of sp³-hybridized carbons (Fsp3) is 0.579. The zero-order valence-corrected chi connectivity index (χ0v) is 14.8. The smallest absolute Gasteiger partial charge is 0.317 e. The molecule has 1 saturated heterocycles. The standard InChI is InChI=1S/C19H27N3O3/c1-14-10-17(18(23)24)13-22(11-14)19(25)20-7-9-21-8-6-15-4-2-3-5-16(15)12-21/h2-5,14,17H,6-13H2,1H3,(H,20,25)(H,23,24). The summed E-state index contributed by atoms with van der Waals surface area (Å²) in [5, 5.41) is 12.2. The highest BCUT2D eigenvalue weighted by Gasteiger charge is 2.31. The van der Waals surface area contributed by atoms with Gasteiger partial charge >= 0.3 is 12.0 Å². The lowest BCUT2D eigenvalue weighted by Gasteiger charge is -2.35. The first kappa shape index (κ1) is 17.7. The number of hydrogen-bond acceptors (Lipinski definition) is 3. The number of carboxylic acids is 1. The van der Waals surface area contributed by atoms with E-state index in [0.29, 0.717) is 26.1 Å². The lowest BCUT2D eigenvalue weighted by molar-refractivity contribution is -0.143. The zero-order chi connectivity index (χ0) is 17.8. The van der Waals surface area contributed by atoms with Gasteiger partial charge in [0.15, 0.2) is 0 Å². The molecule has 2 atom stereocenters.